The van der Waals surface area contributed by atoms with Crippen molar-refractivity contribution >= 4 is 29.3 Å². The normalized spacial score (nSPS) is 19.9. The van der Waals surface area contributed by atoms with E-state index in [-0.39, 0.29) is 23.8 Å². The first-order valence-corrected chi connectivity index (χ1v) is 10.9. The number of nitrogens with zero attached hydrogens (tertiary/aromatic N) is 2. The molecule has 156 valence electrons. The molecule has 0 N–H and O–H groups in total. The van der Waals surface area contributed by atoms with E-state index in [1.165, 1.54) is 45.8 Å². The largest absolute Gasteiger partial charge is 0.311 e. The Labute approximate surface area is 182 Å². The second-order valence-electron chi connectivity index (χ2n) is 7.46. The Morgan fingerprint density at radius 1 is 1.00 bits per heavy atom. The number of anilines is 1. The molecule has 1 spiro atoms. The molecule has 3 aromatic rings. The molecule has 0 aromatic heterocycles. The molecule has 0 unspecified atom stereocenters. The predicted molar refractivity (Wildman–Crippen MR) is 116 cm³/mol. The van der Waals surface area contributed by atoms with Gasteiger partial charge in [-0.15, -0.1) is 11.8 Å². The summed E-state index contributed by atoms with van der Waals surface area (Å²) in [5.41, 5.74) is 1.94. The minimum atomic E-state index is -1.24. The van der Waals surface area contributed by atoms with E-state index in [2.05, 4.69) is 0 Å². The first kappa shape index (κ1) is 19.8. The molecule has 2 amide bonds. The number of hydrogen-bond donors (Lipinski definition) is 0. The van der Waals surface area contributed by atoms with Crippen molar-refractivity contribution in [2.24, 2.45) is 0 Å². The average molecular weight is 436 g/mol. The molecule has 2 heterocycles. The van der Waals surface area contributed by atoms with E-state index in [9.17, 15) is 18.4 Å². The molecular weight excluding hydrogens is 418 g/mol. The number of halogens is 2. The molecule has 1 atom stereocenters. The third-order valence-electron chi connectivity index (χ3n) is 5.70. The number of carbonyl (C=O) groups is 2. The van der Waals surface area contributed by atoms with E-state index < -0.39 is 16.6 Å². The molecule has 2 aliphatic heterocycles. The zero-order valence-electron chi connectivity index (χ0n) is 16.4. The van der Waals surface area contributed by atoms with Gasteiger partial charge in [-0.1, -0.05) is 42.5 Å². The van der Waals surface area contributed by atoms with Gasteiger partial charge in [0, 0.05) is 29.0 Å². The molecule has 5 rings (SSSR count). The lowest BCUT2D eigenvalue weighted by molar-refractivity contribution is -0.123. The Balaban J connectivity index is 1.59. The Morgan fingerprint density at radius 3 is 2.58 bits per heavy atom. The molecule has 1 saturated heterocycles. The van der Waals surface area contributed by atoms with E-state index in [4.69, 9.17) is 0 Å². The molecule has 0 saturated carbocycles. The maximum Gasteiger partial charge on any atom is 0.268 e. The molecule has 2 aliphatic rings. The third-order valence-corrected chi connectivity index (χ3v) is 7.12. The Hall–Kier alpha value is -3.19. The van der Waals surface area contributed by atoms with Crippen LogP contribution in [0.5, 0.6) is 0 Å². The molecule has 7 heteroatoms. The first-order chi connectivity index (χ1) is 15.0. The summed E-state index contributed by atoms with van der Waals surface area (Å²) in [7, 11) is 0. The van der Waals surface area contributed by atoms with Gasteiger partial charge in [-0.2, -0.15) is 0 Å². The molecule has 31 heavy (non-hydrogen) atoms. The van der Waals surface area contributed by atoms with Gasteiger partial charge >= 0.3 is 0 Å². The lowest BCUT2D eigenvalue weighted by atomic mass is 10.0. The van der Waals surface area contributed by atoms with E-state index in [0.29, 0.717) is 29.1 Å². The number of rotatable bonds is 3. The SMILES string of the molecule is O=C(c1cccc(F)c1)N1CCS[C@]12C(=O)N(Cc1ccccc1F)c1ccccc12. The van der Waals surface area contributed by atoms with Crippen molar-refractivity contribution in [3.05, 3.63) is 101 Å². The number of fused-ring (bicyclic) bond motifs is 2. The van der Waals surface area contributed by atoms with Gasteiger partial charge in [0.25, 0.3) is 11.8 Å². The second kappa shape index (κ2) is 7.50. The van der Waals surface area contributed by atoms with Crippen LogP contribution in [-0.4, -0.2) is 29.0 Å². The fraction of sp³-hybridized carbons (Fsp3) is 0.167. The third kappa shape index (κ3) is 3.03. The summed E-state index contributed by atoms with van der Waals surface area (Å²) < 4.78 is 28.1. The summed E-state index contributed by atoms with van der Waals surface area (Å²) in [6.07, 6.45) is 0. The Kier molecular flexibility index (Phi) is 4.78. The number of carbonyl (C=O) groups excluding carboxylic acids is 2. The number of benzene rings is 3. The van der Waals surface area contributed by atoms with Gasteiger partial charge in [0.05, 0.1) is 12.2 Å². The van der Waals surface area contributed by atoms with Crippen LogP contribution in [0.2, 0.25) is 0 Å². The summed E-state index contributed by atoms with van der Waals surface area (Å²) in [5.74, 6) is -1.02. The number of thioether (sulfide) groups is 1. The molecule has 0 aliphatic carbocycles. The standard InChI is InChI=1S/C24H18F2N2O2S/c25-18-8-5-7-16(14-18)22(29)28-12-13-31-24(28)19-9-2-4-11-21(19)27(23(24)30)15-17-6-1-3-10-20(17)26/h1-11,14H,12-13,15H2/t24-/m1/s1. The fourth-order valence-electron chi connectivity index (χ4n) is 4.30. The van der Waals surface area contributed by atoms with Crippen molar-refractivity contribution in [2.45, 2.75) is 11.4 Å². The van der Waals surface area contributed by atoms with Crippen LogP contribution < -0.4 is 4.90 Å². The highest BCUT2D eigenvalue weighted by Gasteiger charge is 2.59. The van der Waals surface area contributed by atoms with Crippen molar-refractivity contribution in [3.8, 4) is 0 Å². The molecular formula is C24H18F2N2O2S. The van der Waals surface area contributed by atoms with Gasteiger partial charge in [0.1, 0.15) is 11.6 Å². The fourth-order valence-corrected chi connectivity index (χ4v) is 5.76. The average Bonchev–Trinajstić information content (AvgIpc) is 3.32. The minimum absolute atomic E-state index is 0.0623. The quantitative estimate of drug-likeness (QED) is 0.605. The summed E-state index contributed by atoms with van der Waals surface area (Å²) in [4.78, 5) is 29.0. The topological polar surface area (TPSA) is 40.6 Å². The summed E-state index contributed by atoms with van der Waals surface area (Å²) in [6.45, 7) is 0.417. The second-order valence-corrected chi connectivity index (χ2v) is 8.75. The van der Waals surface area contributed by atoms with Gasteiger partial charge in [-0.3, -0.25) is 9.59 Å². The monoisotopic (exact) mass is 436 g/mol. The van der Waals surface area contributed by atoms with Crippen molar-refractivity contribution in [1.29, 1.82) is 0 Å². The zero-order chi connectivity index (χ0) is 21.6. The highest BCUT2D eigenvalue weighted by Crippen LogP contribution is 2.54. The van der Waals surface area contributed by atoms with Gasteiger partial charge in [0.15, 0.2) is 4.87 Å². The highest BCUT2D eigenvalue weighted by atomic mass is 32.2. The maximum atomic E-state index is 14.3. The number of hydrogen-bond acceptors (Lipinski definition) is 3. The van der Waals surface area contributed by atoms with E-state index in [0.717, 1.165) is 0 Å². The van der Waals surface area contributed by atoms with Gasteiger partial charge in [-0.05, 0) is 30.3 Å². The molecule has 4 nitrogen and oxygen atoms in total. The Morgan fingerprint density at radius 2 is 1.77 bits per heavy atom. The van der Waals surface area contributed by atoms with E-state index >= 15 is 0 Å². The Bertz CT molecular complexity index is 1200. The van der Waals surface area contributed by atoms with Crippen LogP contribution in [0.3, 0.4) is 0 Å². The number of para-hydroxylation sites is 1. The molecule has 1 fully saturated rings. The zero-order valence-corrected chi connectivity index (χ0v) is 17.2. The van der Waals surface area contributed by atoms with E-state index in [1.54, 1.807) is 24.3 Å². The van der Waals surface area contributed by atoms with Crippen molar-refractivity contribution in [3.63, 3.8) is 0 Å². The van der Waals surface area contributed by atoms with Crippen molar-refractivity contribution in [2.75, 3.05) is 17.2 Å². The lowest BCUT2D eigenvalue weighted by Crippen LogP contribution is -2.50. The van der Waals surface area contributed by atoms with Crippen LogP contribution in [-0.2, 0) is 16.2 Å². The minimum Gasteiger partial charge on any atom is -0.311 e. The highest BCUT2D eigenvalue weighted by molar-refractivity contribution is 8.01. The van der Waals surface area contributed by atoms with Crippen LogP contribution in [0, 0.1) is 11.6 Å². The van der Waals surface area contributed by atoms with Gasteiger partial charge in [0.2, 0.25) is 0 Å². The molecule has 0 bridgehead atoms. The first-order valence-electron chi connectivity index (χ1n) is 9.89. The van der Waals surface area contributed by atoms with Gasteiger partial charge in [-0.25, -0.2) is 8.78 Å². The van der Waals surface area contributed by atoms with Crippen LogP contribution in [0.15, 0.2) is 72.8 Å². The van der Waals surface area contributed by atoms with Crippen LogP contribution in [0.25, 0.3) is 0 Å². The van der Waals surface area contributed by atoms with Crippen LogP contribution >= 0.6 is 11.8 Å². The maximum absolute atomic E-state index is 14.3. The molecule has 3 aromatic carbocycles. The summed E-state index contributed by atoms with van der Waals surface area (Å²) in [6, 6.07) is 19.1. The van der Waals surface area contributed by atoms with Crippen LogP contribution in [0.4, 0.5) is 14.5 Å². The summed E-state index contributed by atoms with van der Waals surface area (Å²) in [5, 5.41) is 0. The van der Waals surface area contributed by atoms with Gasteiger partial charge < -0.3 is 9.80 Å². The van der Waals surface area contributed by atoms with Crippen LogP contribution in [0.1, 0.15) is 21.5 Å². The molecule has 0 radical (unpaired) electrons. The predicted octanol–water partition coefficient (Wildman–Crippen LogP) is 4.55. The van der Waals surface area contributed by atoms with Crippen molar-refractivity contribution < 1.29 is 18.4 Å². The summed E-state index contributed by atoms with van der Waals surface area (Å²) >= 11 is 1.38. The van der Waals surface area contributed by atoms with E-state index in [1.807, 2.05) is 24.3 Å². The van der Waals surface area contributed by atoms with Crippen molar-refractivity contribution in [1.82, 2.24) is 4.90 Å². The number of amides is 2. The lowest BCUT2D eigenvalue weighted by Gasteiger charge is -2.33. The smallest absolute Gasteiger partial charge is 0.268 e.